The fourth-order valence-corrected chi connectivity index (χ4v) is 4.22. The molecule has 1 fully saturated rings. The summed E-state index contributed by atoms with van der Waals surface area (Å²) >= 11 is 0. The summed E-state index contributed by atoms with van der Waals surface area (Å²) in [6.45, 7) is -0.442. The minimum Gasteiger partial charge on any atom is -0.468 e. The summed E-state index contributed by atoms with van der Waals surface area (Å²) in [5.74, 6) is -0.593. The molecule has 3 heterocycles. The summed E-state index contributed by atoms with van der Waals surface area (Å²) in [6.07, 6.45) is 1.18. The van der Waals surface area contributed by atoms with Gasteiger partial charge in [-0.05, 0) is 12.1 Å². The molecule has 2 aromatic carbocycles. The maximum Gasteiger partial charge on any atom is 0.328 e. The molecule has 3 aliphatic heterocycles. The van der Waals surface area contributed by atoms with Gasteiger partial charge in [-0.3, -0.25) is 24.3 Å². The fourth-order valence-electron chi connectivity index (χ4n) is 4.22. The molecule has 0 bridgehead atoms. The van der Waals surface area contributed by atoms with Crippen LogP contribution < -0.4 is 4.90 Å². The van der Waals surface area contributed by atoms with Crippen LogP contribution in [0.2, 0.25) is 0 Å². The van der Waals surface area contributed by atoms with E-state index in [-0.39, 0.29) is 0 Å². The van der Waals surface area contributed by atoms with Crippen LogP contribution in [0.15, 0.2) is 71.9 Å². The van der Waals surface area contributed by atoms with Crippen molar-refractivity contribution in [3.05, 3.63) is 72.4 Å². The average molecular weight is 431 g/mol. The standard InChI is InChI=1S/C23H21N5O4/c1-25-20-19(21(30)27(23(25)31)14-18(29)32-2)26-13-17(15-9-5-3-6-10-15)28(22(26)24-20)16-11-7-4-8-12-16/h3-13,19-20H,14H2,1-2H3. The van der Waals surface area contributed by atoms with Crippen LogP contribution in [0, 0.1) is 0 Å². The van der Waals surface area contributed by atoms with E-state index in [1.165, 1.54) is 12.0 Å². The van der Waals surface area contributed by atoms with Crippen molar-refractivity contribution >= 4 is 35.3 Å². The van der Waals surface area contributed by atoms with Crippen molar-refractivity contribution in [2.45, 2.75) is 12.2 Å². The number of imide groups is 1. The zero-order chi connectivity index (χ0) is 22.4. The Morgan fingerprint density at radius 1 is 1.03 bits per heavy atom. The highest BCUT2D eigenvalue weighted by Crippen LogP contribution is 2.39. The van der Waals surface area contributed by atoms with Crippen LogP contribution >= 0.6 is 0 Å². The highest BCUT2D eigenvalue weighted by Gasteiger charge is 2.55. The van der Waals surface area contributed by atoms with Crippen molar-refractivity contribution in [3.8, 4) is 0 Å². The second-order valence-electron chi connectivity index (χ2n) is 7.64. The molecule has 3 amide bonds. The largest absolute Gasteiger partial charge is 0.468 e. The van der Waals surface area contributed by atoms with E-state index in [0.29, 0.717) is 5.96 Å². The number of hydrogen-bond donors (Lipinski definition) is 0. The SMILES string of the molecule is COC(=O)CN1C(=O)C2C(N=C3N(c4ccccc4)C(c4ccccc4)=CN32)N(C)C1=O. The third-order valence-corrected chi connectivity index (χ3v) is 5.81. The molecule has 2 aromatic rings. The number of aliphatic imine (C=N–C) groups is 1. The van der Waals surface area contributed by atoms with E-state index >= 15 is 0 Å². The average Bonchev–Trinajstić information content (AvgIpc) is 3.38. The number of nitrogens with zero attached hydrogens (tertiary/aromatic N) is 5. The maximum atomic E-state index is 13.4. The number of carbonyl (C=O) groups excluding carboxylic acids is 3. The van der Waals surface area contributed by atoms with Gasteiger partial charge >= 0.3 is 12.0 Å². The lowest BCUT2D eigenvalue weighted by atomic mass is 10.1. The van der Waals surface area contributed by atoms with Crippen molar-refractivity contribution in [2.24, 2.45) is 4.99 Å². The van der Waals surface area contributed by atoms with E-state index < -0.39 is 36.7 Å². The Labute approximate surface area is 184 Å². The molecule has 0 saturated carbocycles. The van der Waals surface area contributed by atoms with Crippen LogP contribution in [-0.2, 0) is 14.3 Å². The summed E-state index contributed by atoms with van der Waals surface area (Å²) in [5, 5.41) is 0. The van der Waals surface area contributed by atoms with Crippen LogP contribution in [0.3, 0.4) is 0 Å². The van der Waals surface area contributed by atoms with Gasteiger partial charge < -0.3 is 9.64 Å². The molecule has 9 heteroatoms. The zero-order valence-corrected chi connectivity index (χ0v) is 17.6. The lowest BCUT2D eigenvalue weighted by molar-refractivity contribution is -0.148. The quantitative estimate of drug-likeness (QED) is 0.688. The number of methoxy groups -OCH3 is 1. The van der Waals surface area contributed by atoms with E-state index in [2.05, 4.69) is 4.74 Å². The van der Waals surface area contributed by atoms with Crippen molar-refractivity contribution in [3.63, 3.8) is 0 Å². The second-order valence-corrected chi connectivity index (χ2v) is 7.64. The van der Waals surface area contributed by atoms with Gasteiger partial charge in [0.2, 0.25) is 5.96 Å². The molecule has 3 aliphatic rings. The maximum absolute atomic E-state index is 13.4. The summed E-state index contributed by atoms with van der Waals surface area (Å²) in [4.78, 5) is 48.8. The Balaban J connectivity index is 1.58. The molecule has 32 heavy (non-hydrogen) atoms. The molecule has 0 N–H and O–H groups in total. The van der Waals surface area contributed by atoms with Crippen LogP contribution in [0.5, 0.6) is 0 Å². The summed E-state index contributed by atoms with van der Waals surface area (Å²) < 4.78 is 4.67. The highest BCUT2D eigenvalue weighted by atomic mass is 16.5. The second kappa shape index (κ2) is 7.52. The van der Waals surface area contributed by atoms with Gasteiger partial charge in [0.15, 0.2) is 12.2 Å². The van der Waals surface area contributed by atoms with Gasteiger partial charge in [-0.15, -0.1) is 0 Å². The van der Waals surface area contributed by atoms with Gasteiger partial charge in [0, 0.05) is 24.5 Å². The lowest BCUT2D eigenvalue weighted by Crippen LogP contribution is -2.65. The Morgan fingerprint density at radius 3 is 2.34 bits per heavy atom. The molecular weight excluding hydrogens is 410 g/mol. The lowest BCUT2D eigenvalue weighted by Gasteiger charge is -2.39. The number of guanidine groups is 1. The van der Waals surface area contributed by atoms with Crippen LogP contribution in [0.25, 0.3) is 5.70 Å². The Bertz CT molecular complexity index is 1150. The molecule has 5 rings (SSSR count). The zero-order valence-electron chi connectivity index (χ0n) is 17.6. The van der Waals surface area contributed by atoms with E-state index in [4.69, 9.17) is 4.99 Å². The molecule has 9 nitrogen and oxygen atoms in total. The minimum atomic E-state index is -0.773. The number of benzene rings is 2. The number of rotatable bonds is 4. The molecule has 0 spiro atoms. The molecule has 162 valence electrons. The molecule has 2 unspecified atom stereocenters. The first-order valence-electron chi connectivity index (χ1n) is 10.1. The predicted molar refractivity (Wildman–Crippen MR) is 117 cm³/mol. The minimum absolute atomic E-state index is 0.442. The molecule has 0 aromatic heterocycles. The van der Waals surface area contributed by atoms with Crippen LogP contribution in [-0.4, -0.2) is 71.5 Å². The third-order valence-electron chi connectivity index (χ3n) is 5.81. The number of hydrogen-bond acceptors (Lipinski definition) is 7. The Hall–Kier alpha value is -4.14. The van der Waals surface area contributed by atoms with Crippen LogP contribution in [0.1, 0.15) is 5.56 Å². The van der Waals surface area contributed by atoms with E-state index in [9.17, 15) is 14.4 Å². The number of esters is 1. The van der Waals surface area contributed by atoms with Crippen molar-refractivity contribution in [2.75, 3.05) is 25.6 Å². The summed E-state index contributed by atoms with van der Waals surface area (Å²) in [7, 11) is 2.80. The van der Waals surface area contributed by atoms with Gasteiger partial charge in [-0.1, -0.05) is 48.5 Å². The normalized spacial score (nSPS) is 21.9. The van der Waals surface area contributed by atoms with E-state index in [0.717, 1.165) is 21.8 Å². The summed E-state index contributed by atoms with van der Waals surface area (Å²) in [5.41, 5.74) is 2.71. The smallest absolute Gasteiger partial charge is 0.328 e. The topological polar surface area (TPSA) is 85.8 Å². The van der Waals surface area contributed by atoms with Crippen molar-refractivity contribution in [1.82, 2.24) is 14.7 Å². The number of anilines is 1. The number of likely N-dealkylation sites (N-methyl/N-ethyl adjacent to an activating group) is 1. The first kappa shape index (κ1) is 19.8. The van der Waals surface area contributed by atoms with Gasteiger partial charge in [0.25, 0.3) is 5.91 Å². The van der Waals surface area contributed by atoms with E-state index in [1.54, 1.807) is 11.9 Å². The fraction of sp³-hybridized carbons (Fsp3) is 0.217. The molecular formula is C23H21N5O4. The van der Waals surface area contributed by atoms with Gasteiger partial charge in [0.05, 0.1) is 12.8 Å². The van der Waals surface area contributed by atoms with Crippen molar-refractivity contribution in [1.29, 1.82) is 0 Å². The number of para-hydroxylation sites is 1. The van der Waals surface area contributed by atoms with Gasteiger partial charge in [-0.2, -0.15) is 0 Å². The number of amides is 3. The Kier molecular flexibility index (Phi) is 4.66. The summed E-state index contributed by atoms with van der Waals surface area (Å²) in [6, 6.07) is 18.2. The Morgan fingerprint density at radius 2 is 1.69 bits per heavy atom. The van der Waals surface area contributed by atoms with Gasteiger partial charge in [-0.25, -0.2) is 9.79 Å². The number of urea groups is 1. The third kappa shape index (κ3) is 2.93. The van der Waals surface area contributed by atoms with Crippen molar-refractivity contribution < 1.29 is 19.1 Å². The molecule has 0 radical (unpaired) electrons. The highest BCUT2D eigenvalue weighted by molar-refractivity contribution is 6.16. The monoisotopic (exact) mass is 431 g/mol. The molecule has 1 saturated heterocycles. The number of carbonyl (C=O) groups is 3. The van der Waals surface area contributed by atoms with E-state index in [1.807, 2.05) is 71.8 Å². The number of fused-ring (bicyclic) bond motifs is 3. The first-order chi connectivity index (χ1) is 15.5. The van der Waals surface area contributed by atoms with Gasteiger partial charge in [0.1, 0.15) is 6.54 Å². The number of ether oxygens (including phenoxy) is 1. The molecule has 2 atom stereocenters. The predicted octanol–water partition coefficient (Wildman–Crippen LogP) is 1.94. The first-order valence-corrected chi connectivity index (χ1v) is 10.1. The van der Waals surface area contributed by atoms with Crippen LogP contribution in [0.4, 0.5) is 10.5 Å². The molecule has 0 aliphatic carbocycles.